The lowest BCUT2D eigenvalue weighted by atomic mass is 9.99. The molecule has 0 aliphatic carbocycles. The number of aromatic amines is 1. The average Bonchev–Trinajstić information content (AvgIpc) is 3.50. The molecule has 0 radical (unpaired) electrons. The number of pyridine rings is 1. The maximum absolute atomic E-state index is 14.1. The molecule has 5 rings (SSSR count). The third-order valence-corrected chi connectivity index (χ3v) is 5.37. The largest absolute Gasteiger partial charge is 0.413 e. The van der Waals surface area contributed by atoms with Gasteiger partial charge in [-0.3, -0.25) is 4.79 Å². The van der Waals surface area contributed by atoms with Gasteiger partial charge < -0.3 is 14.3 Å². The number of hydrogen-bond donors (Lipinski definition) is 1. The summed E-state index contributed by atoms with van der Waals surface area (Å²) >= 11 is 0. The van der Waals surface area contributed by atoms with Crippen LogP contribution in [0.4, 0.5) is 13.2 Å². The van der Waals surface area contributed by atoms with E-state index in [1.54, 1.807) is 6.20 Å². The Kier molecular flexibility index (Phi) is 4.53. The number of hydrogen-bond acceptors (Lipinski definition) is 6. The highest BCUT2D eigenvalue weighted by molar-refractivity contribution is 5.90. The van der Waals surface area contributed by atoms with Crippen LogP contribution in [-0.2, 0) is 12.1 Å². The number of halogens is 3. The van der Waals surface area contributed by atoms with Gasteiger partial charge in [0.15, 0.2) is 5.67 Å². The normalized spacial score (nSPS) is 16.7. The minimum absolute atomic E-state index is 0.172. The van der Waals surface area contributed by atoms with Crippen LogP contribution < -0.4 is 0 Å². The molecule has 1 amide bonds. The Balaban J connectivity index is 1.60. The van der Waals surface area contributed by atoms with E-state index >= 15 is 0 Å². The van der Waals surface area contributed by atoms with Crippen molar-refractivity contribution in [1.82, 2.24) is 34.7 Å². The lowest BCUT2D eigenvalue weighted by Gasteiger charge is -2.32. The van der Waals surface area contributed by atoms with E-state index in [2.05, 4.69) is 25.3 Å². The molecule has 0 fully saturated rings. The van der Waals surface area contributed by atoms with Crippen LogP contribution >= 0.6 is 0 Å². The number of aromatic nitrogens is 6. The zero-order valence-electron chi connectivity index (χ0n) is 17.1. The van der Waals surface area contributed by atoms with E-state index in [0.29, 0.717) is 17.8 Å². The molecule has 12 heteroatoms. The first kappa shape index (κ1) is 20.2. The summed E-state index contributed by atoms with van der Waals surface area (Å²) in [6.07, 6.45) is 0.846. The molecule has 0 aromatic carbocycles. The molecule has 9 nitrogen and oxygen atoms in total. The van der Waals surface area contributed by atoms with Crippen molar-refractivity contribution in [3.05, 3.63) is 65.1 Å². The molecule has 0 saturated heterocycles. The van der Waals surface area contributed by atoms with Crippen molar-refractivity contribution in [2.24, 2.45) is 0 Å². The smallest absolute Gasteiger partial charge is 0.312 e. The van der Waals surface area contributed by atoms with Crippen molar-refractivity contribution in [3.8, 4) is 0 Å². The lowest BCUT2D eigenvalue weighted by molar-refractivity contribution is 0.0636. The summed E-state index contributed by atoms with van der Waals surface area (Å²) in [6, 6.07) is 3.54. The minimum Gasteiger partial charge on any atom is -0.413 e. The fourth-order valence-corrected chi connectivity index (χ4v) is 3.84. The first-order valence-electron chi connectivity index (χ1n) is 9.86. The minimum atomic E-state index is -2.69. The van der Waals surface area contributed by atoms with E-state index in [1.165, 1.54) is 47.8 Å². The molecular weight excluding hydrogens is 427 g/mol. The standard InChI is InChI=1S/C20H18F3N7O2/c1-20(2,23)19-27-26-17(32-19)18(31)29-7-5-11-14(25-9-24-11)15(29)12-8-13-10(16(21)22)4-3-6-30(13)28-12/h3-4,6,8-9,15-16H,5,7H2,1-2H3,(H,24,25)/t15-/m0/s1. The van der Waals surface area contributed by atoms with Gasteiger partial charge in [0.25, 0.3) is 12.3 Å². The van der Waals surface area contributed by atoms with E-state index < -0.39 is 24.0 Å². The van der Waals surface area contributed by atoms with Gasteiger partial charge in [-0.05, 0) is 32.0 Å². The summed E-state index contributed by atoms with van der Waals surface area (Å²) in [5, 5.41) is 11.8. The zero-order valence-corrected chi connectivity index (χ0v) is 17.1. The van der Waals surface area contributed by atoms with Crippen LogP contribution in [0.25, 0.3) is 5.52 Å². The molecule has 0 unspecified atom stereocenters. The van der Waals surface area contributed by atoms with Gasteiger partial charge in [0.05, 0.1) is 23.2 Å². The summed E-state index contributed by atoms with van der Waals surface area (Å²) in [5.41, 5.74) is -0.153. The number of rotatable bonds is 4. The van der Waals surface area contributed by atoms with Crippen LogP contribution in [0.15, 0.2) is 35.1 Å². The van der Waals surface area contributed by atoms with E-state index in [4.69, 9.17) is 4.42 Å². The number of H-pyrrole nitrogens is 1. The Morgan fingerprint density at radius 1 is 1.34 bits per heavy atom. The predicted molar refractivity (Wildman–Crippen MR) is 104 cm³/mol. The summed E-state index contributed by atoms with van der Waals surface area (Å²) in [7, 11) is 0. The van der Waals surface area contributed by atoms with E-state index in [0.717, 1.165) is 5.69 Å². The Hall–Kier alpha value is -3.70. The van der Waals surface area contributed by atoms with Crippen molar-refractivity contribution >= 4 is 11.4 Å². The highest BCUT2D eigenvalue weighted by Gasteiger charge is 2.39. The lowest BCUT2D eigenvalue weighted by Crippen LogP contribution is -2.41. The molecule has 0 bridgehead atoms. The number of alkyl halides is 3. The summed E-state index contributed by atoms with van der Waals surface area (Å²) in [4.78, 5) is 22.1. The highest BCUT2D eigenvalue weighted by Crippen LogP contribution is 2.35. The number of nitrogens with zero attached hydrogens (tertiary/aromatic N) is 6. The number of imidazole rings is 1. The van der Waals surface area contributed by atoms with Gasteiger partial charge in [0.2, 0.25) is 0 Å². The number of nitrogens with one attached hydrogen (secondary N) is 1. The molecule has 1 atom stereocenters. The topological polar surface area (TPSA) is 105 Å². The van der Waals surface area contributed by atoms with E-state index in [1.807, 2.05) is 0 Å². The molecule has 0 saturated carbocycles. The van der Waals surface area contributed by atoms with Crippen molar-refractivity contribution in [3.63, 3.8) is 0 Å². The number of carbonyl (C=O) groups is 1. The molecule has 5 heterocycles. The fraction of sp³-hybridized carbons (Fsp3) is 0.350. The maximum atomic E-state index is 14.1. The first-order chi connectivity index (χ1) is 15.2. The Labute approximate surface area is 179 Å². The third kappa shape index (κ3) is 3.22. The molecule has 4 aromatic heterocycles. The Bertz CT molecular complexity index is 1300. The van der Waals surface area contributed by atoms with Gasteiger partial charge >= 0.3 is 11.8 Å². The second-order valence-corrected chi connectivity index (χ2v) is 7.97. The van der Waals surface area contributed by atoms with Crippen LogP contribution in [0, 0.1) is 0 Å². The second kappa shape index (κ2) is 7.18. The van der Waals surface area contributed by atoms with Gasteiger partial charge in [0.1, 0.15) is 6.04 Å². The highest BCUT2D eigenvalue weighted by atomic mass is 19.3. The van der Waals surface area contributed by atoms with Crippen LogP contribution in [0.3, 0.4) is 0 Å². The van der Waals surface area contributed by atoms with Crippen molar-refractivity contribution in [2.75, 3.05) is 6.54 Å². The van der Waals surface area contributed by atoms with Crippen LogP contribution in [-0.4, -0.2) is 47.1 Å². The molecule has 1 N–H and O–H groups in total. The molecule has 166 valence electrons. The number of amides is 1. The summed E-state index contributed by atoms with van der Waals surface area (Å²) in [5.74, 6) is -1.31. The summed E-state index contributed by atoms with van der Waals surface area (Å²) < 4.78 is 47.7. The third-order valence-electron chi connectivity index (χ3n) is 5.37. The molecule has 32 heavy (non-hydrogen) atoms. The quantitative estimate of drug-likeness (QED) is 0.516. The zero-order chi connectivity index (χ0) is 22.6. The van der Waals surface area contributed by atoms with Crippen molar-refractivity contribution in [2.45, 2.75) is 38.4 Å². The molecule has 4 aromatic rings. The molecular formula is C20H18F3N7O2. The summed E-state index contributed by atoms with van der Waals surface area (Å²) in [6.45, 7) is 2.74. The van der Waals surface area contributed by atoms with Gasteiger partial charge in [-0.2, -0.15) is 5.10 Å². The first-order valence-corrected chi connectivity index (χ1v) is 9.86. The Morgan fingerprint density at radius 3 is 2.88 bits per heavy atom. The van der Waals surface area contributed by atoms with Gasteiger partial charge in [-0.25, -0.2) is 22.7 Å². The SMILES string of the molecule is CC(C)(F)c1nnc(C(=O)N2CCc3[nH]cnc3[C@@H]2c2cc3c(C(F)F)cccn3n2)o1. The molecule has 0 spiro atoms. The second-order valence-electron chi connectivity index (χ2n) is 7.97. The van der Waals surface area contributed by atoms with Crippen molar-refractivity contribution < 1.29 is 22.4 Å². The fourth-order valence-electron chi connectivity index (χ4n) is 3.84. The average molecular weight is 445 g/mol. The predicted octanol–water partition coefficient (Wildman–Crippen LogP) is 3.37. The molecule has 1 aliphatic heterocycles. The number of fused-ring (bicyclic) bond motifs is 2. The van der Waals surface area contributed by atoms with Crippen LogP contribution in [0.1, 0.15) is 65.5 Å². The van der Waals surface area contributed by atoms with Crippen molar-refractivity contribution in [1.29, 1.82) is 0 Å². The van der Waals surface area contributed by atoms with Gasteiger partial charge in [-0.1, -0.05) is 0 Å². The van der Waals surface area contributed by atoms with Gasteiger partial charge in [-0.15, -0.1) is 10.2 Å². The maximum Gasteiger partial charge on any atom is 0.312 e. The van der Waals surface area contributed by atoms with Crippen LogP contribution in [0.5, 0.6) is 0 Å². The monoisotopic (exact) mass is 445 g/mol. The number of carbonyl (C=O) groups excluding carboxylic acids is 1. The van der Waals surface area contributed by atoms with E-state index in [9.17, 15) is 18.0 Å². The van der Waals surface area contributed by atoms with Crippen LogP contribution in [0.2, 0.25) is 0 Å². The van der Waals surface area contributed by atoms with Gasteiger partial charge in [0, 0.05) is 30.4 Å². The molecule has 1 aliphatic rings. The Morgan fingerprint density at radius 2 is 2.16 bits per heavy atom. The van der Waals surface area contributed by atoms with E-state index in [-0.39, 0.29) is 29.4 Å².